The zero-order valence-corrected chi connectivity index (χ0v) is 11.6. The molecule has 0 atom stereocenters. The van der Waals surface area contributed by atoms with Gasteiger partial charge in [0.1, 0.15) is 5.75 Å². The highest BCUT2D eigenvalue weighted by Gasteiger charge is 2.13. The Labute approximate surface area is 119 Å². The lowest BCUT2D eigenvalue weighted by molar-refractivity contribution is 0.102. The third-order valence-corrected chi connectivity index (χ3v) is 3.46. The van der Waals surface area contributed by atoms with Gasteiger partial charge in [-0.25, -0.2) is 10.5 Å². The molecule has 9 heteroatoms. The minimum Gasteiger partial charge on any atom is -0.497 e. The Hall–Kier alpha value is -2.26. The van der Waals surface area contributed by atoms with Crippen molar-refractivity contribution in [2.45, 2.75) is 5.16 Å². The Balaban J connectivity index is 2.02. The number of ether oxygens (including phenoxy) is 1. The molecule has 0 bridgehead atoms. The van der Waals surface area contributed by atoms with E-state index in [1.54, 1.807) is 31.4 Å². The van der Waals surface area contributed by atoms with E-state index in [-0.39, 0.29) is 17.5 Å². The lowest BCUT2D eigenvalue weighted by atomic mass is 10.1. The molecule has 0 unspecified atom stereocenters. The van der Waals surface area contributed by atoms with Crippen LogP contribution < -0.4 is 21.8 Å². The van der Waals surface area contributed by atoms with Gasteiger partial charge < -0.3 is 10.6 Å². The molecule has 0 aliphatic rings. The van der Waals surface area contributed by atoms with E-state index in [2.05, 4.69) is 15.6 Å². The van der Waals surface area contributed by atoms with Crippen LogP contribution in [0.5, 0.6) is 5.75 Å². The van der Waals surface area contributed by atoms with Crippen LogP contribution in [-0.2, 0) is 0 Å². The molecule has 0 amide bonds. The van der Waals surface area contributed by atoms with Crippen LogP contribution in [0.15, 0.2) is 29.4 Å². The van der Waals surface area contributed by atoms with Crippen molar-refractivity contribution in [3.8, 4) is 5.75 Å². The molecule has 1 aromatic heterocycles. The number of thioether (sulfide) groups is 1. The first-order valence-electron chi connectivity index (χ1n) is 5.63. The topological polar surface area (TPSA) is 121 Å². The largest absolute Gasteiger partial charge is 0.497 e. The van der Waals surface area contributed by atoms with E-state index >= 15 is 0 Å². The maximum atomic E-state index is 12.1. The Morgan fingerprint density at radius 2 is 2.30 bits per heavy atom. The molecule has 1 heterocycles. The smallest absolute Gasteiger partial charge is 0.258 e. The molecular weight excluding hydrogens is 280 g/mol. The number of carbonyl (C=O) groups excluding carboxylic acids is 1. The molecule has 2 aromatic rings. The second kappa shape index (κ2) is 6.26. The Bertz CT molecular complexity index is 615. The van der Waals surface area contributed by atoms with Crippen molar-refractivity contribution < 1.29 is 9.53 Å². The number of hydrazine groups is 1. The molecular formula is C11H14N6O2S. The third kappa shape index (κ3) is 3.00. The SMILES string of the molecule is COc1cccc(C(=O)CSc2nnc(NN)n2N)c1. The third-order valence-electron chi connectivity index (χ3n) is 2.52. The van der Waals surface area contributed by atoms with Crippen LogP contribution in [-0.4, -0.2) is 33.5 Å². The van der Waals surface area contributed by atoms with E-state index in [0.717, 1.165) is 0 Å². The number of anilines is 1. The average molecular weight is 294 g/mol. The number of benzene rings is 1. The summed E-state index contributed by atoms with van der Waals surface area (Å²) in [5.74, 6) is 11.9. The first-order valence-corrected chi connectivity index (χ1v) is 6.61. The summed E-state index contributed by atoms with van der Waals surface area (Å²) in [6.07, 6.45) is 0. The second-order valence-corrected chi connectivity index (χ2v) is 4.71. The predicted molar refractivity (Wildman–Crippen MR) is 76.0 cm³/mol. The predicted octanol–water partition coefficient (Wildman–Crippen LogP) is 0.261. The van der Waals surface area contributed by atoms with Gasteiger partial charge in [-0.2, -0.15) is 0 Å². The number of methoxy groups -OCH3 is 1. The fraction of sp³-hybridized carbons (Fsp3) is 0.182. The summed E-state index contributed by atoms with van der Waals surface area (Å²) >= 11 is 1.18. The quantitative estimate of drug-likeness (QED) is 0.300. The highest BCUT2D eigenvalue weighted by Crippen LogP contribution is 2.19. The zero-order chi connectivity index (χ0) is 14.5. The summed E-state index contributed by atoms with van der Waals surface area (Å²) in [7, 11) is 1.55. The zero-order valence-electron chi connectivity index (χ0n) is 10.7. The molecule has 0 aliphatic carbocycles. The molecule has 20 heavy (non-hydrogen) atoms. The minimum atomic E-state index is -0.0563. The van der Waals surface area contributed by atoms with Crippen LogP contribution in [0.1, 0.15) is 10.4 Å². The highest BCUT2D eigenvalue weighted by atomic mass is 32.2. The number of aromatic nitrogens is 3. The number of hydrogen-bond acceptors (Lipinski definition) is 8. The monoisotopic (exact) mass is 294 g/mol. The standard InChI is InChI=1S/C11H14N6O2S/c1-19-8-4-2-3-7(5-8)9(18)6-20-11-16-15-10(14-12)17(11)13/h2-5H,6,12-13H2,1H3,(H,14,15). The number of ketones is 1. The van der Waals surface area contributed by atoms with Gasteiger partial charge in [-0.1, -0.05) is 23.9 Å². The van der Waals surface area contributed by atoms with Crippen molar-refractivity contribution in [1.82, 2.24) is 14.9 Å². The van der Waals surface area contributed by atoms with E-state index in [1.807, 2.05) is 0 Å². The van der Waals surface area contributed by atoms with Gasteiger partial charge in [0.25, 0.3) is 5.95 Å². The molecule has 5 N–H and O–H groups in total. The fourth-order valence-electron chi connectivity index (χ4n) is 1.48. The lowest BCUT2D eigenvalue weighted by Crippen LogP contribution is -2.19. The Morgan fingerprint density at radius 1 is 1.50 bits per heavy atom. The normalized spacial score (nSPS) is 10.3. The average Bonchev–Trinajstić information content (AvgIpc) is 2.85. The summed E-state index contributed by atoms with van der Waals surface area (Å²) in [6.45, 7) is 0. The van der Waals surface area contributed by atoms with E-state index in [0.29, 0.717) is 16.5 Å². The summed E-state index contributed by atoms with van der Waals surface area (Å²) in [5, 5.41) is 7.93. The Kier molecular flexibility index (Phi) is 4.43. The molecule has 0 saturated heterocycles. The van der Waals surface area contributed by atoms with E-state index < -0.39 is 0 Å². The number of nitrogens with zero attached hydrogens (tertiary/aromatic N) is 3. The van der Waals surface area contributed by atoms with Crippen LogP contribution in [0.25, 0.3) is 0 Å². The van der Waals surface area contributed by atoms with Gasteiger partial charge in [0.15, 0.2) is 5.78 Å². The Morgan fingerprint density at radius 3 is 2.95 bits per heavy atom. The molecule has 2 rings (SSSR count). The van der Waals surface area contributed by atoms with Gasteiger partial charge in [0.05, 0.1) is 12.9 Å². The van der Waals surface area contributed by atoms with E-state index in [4.69, 9.17) is 16.4 Å². The van der Waals surface area contributed by atoms with Gasteiger partial charge in [-0.15, -0.1) is 10.2 Å². The summed E-state index contributed by atoms with van der Waals surface area (Å²) < 4.78 is 6.26. The minimum absolute atomic E-state index is 0.0563. The van der Waals surface area contributed by atoms with Crippen molar-refractivity contribution >= 4 is 23.5 Å². The molecule has 1 aromatic carbocycles. The van der Waals surface area contributed by atoms with Crippen LogP contribution in [0, 0.1) is 0 Å². The first-order chi connectivity index (χ1) is 9.65. The molecule has 0 spiro atoms. The molecule has 0 radical (unpaired) electrons. The maximum Gasteiger partial charge on any atom is 0.258 e. The van der Waals surface area contributed by atoms with Crippen LogP contribution in [0.2, 0.25) is 0 Å². The van der Waals surface area contributed by atoms with Crippen LogP contribution in [0.4, 0.5) is 5.95 Å². The number of nitrogen functional groups attached to an aromatic ring is 2. The van der Waals surface area contributed by atoms with Crippen LogP contribution >= 0.6 is 11.8 Å². The van der Waals surface area contributed by atoms with E-state index in [9.17, 15) is 4.79 Å². The van der Waals surface area contributed by atoms with Crippen molar-refractivity contribution in [3.05, 3.63) is 29.8 Å². The molecule has 0 saturated carbocycles. The van der Waals surface area contributed by atoms with Gasteiger partial charge in [0, 0.05) is 5.56 Å². The van der Waals surface area contributed by atoms with Gasteiger partial charge in [-0.3, -0.25) is 10.2 Å². The first kappa shape index (κ1) is 14.2. The number of nitrogens with two attached hydrogens (primary N) is 2. The highest BCUT2D eigenvalue weighted by molar-refractivity contribution is 7.99. The van der Waals surface area contributed by atoms with Crippen molar-refractivity contribution in [1.29, 1.82) is 0 Å². The summed E-state index contributed by atoms with van der Waals surface area (Å²) in [5.41, 5.74) is 2.87. The lowest BCUT2D eigenvalue weighted by Gasteiger charge is -2.04. The molecule has 0 fully saturated rings. The molecule has 8 nitrogen and oxygen atoms in total. The summed E-state index contributed by atoms with van der Waals surface area (Å²) in [6, 6.07) is 6.95. The fourth-order valence-corrected chi connectivity index (χ4v) is 2.23. The number of hydrogen-bond donors (Lipinski definition) is 3. The molecule has 0 aliphatic heterocycles. The van der Waals surface area contributed by atoms with Crippen molar-refractivity contribution in [2.75, 3.05) is 24.1 Å². The molecule has 106 valence electrons. The van der Waals surface area contributed by atoms with Gasteiger partial charge >= 0.3 is 0 Å². The van der Waals surface area contributed by atoms with Crippen molar-refractivity contribution in [2.24, 2.45) is 5.84 Å². The number of carbonyl (C=O) groups is 1. The van der Waals surface area contributed by atoms with Gasteiger partial charge in [-0.05, 0) is 12.1 Å². The second-order valence-electron chi connectivity index (χ2n) is 3.76. The van der Waals surface area contributed by atoms with E-state index in [1.165, 1.54) is 16.4 Å². The maximum absolute atomic E-state index is 12.1. The number of rotatable bonds is 6. The summed E-state index contributed by atoms with van der Waals surface area (Å²) in [4.78, 5) is 12.1. The van der Waals surface area contributed by atoms with Crippen LogP contribution in [0.3, 0.4) is 0 Å². The number of Topliss-reactive ketones (excluding diaryl/α,β-unsaturated/α-hetero) is 1. The van der Waals surface area contributed by atoms with Gasteiger partial charge in [0.2, 0.25) is 5.16 Å². The van der Waals surface area contributed by atoms with Crippen molar-refractivity contribution in [3.63, 3.8) is 0 Å². The number of nitrogens with one attached hydrogen (secondary N) is 1.